The van der Waals surface area contributed by atoms with Crippen molar-refractivity contribution in [2.75, 3.05) is 24.6 Å². The van der Waals surface area contributed by atoms with Crippen LogP contribution in [-0.2, 0) is 22.4 Å². The van der Waals surface area contributed by atoms with Gasteiger partial charge in [-0.3, -0.25) is 9.59 Å². The zero-order valence-electron chi connectivity index (χ0n) is 17.5. The molecule has 2 amide bonds. The molecular weight excluding hydrogens is 427 g/mol. The molecule has 3 rings (SSSR count). The fourth-order valence-corrected chi connectivity index (χ4v) is 3.62. The molecule has 2 heterocycles. The van der Waals surface area contributed by atoms with Gasteiger partial charge in [-0.2, -0.15) is 13.2 Å². The van der Waals surface area contributed by atoms with E-state index in [0.29, 0.717) is 24.3 Å². The van der Waals surface area contributed by atoms with Gasteiger partial charge in [0.2, 0.25) is 5.91 Å². The number of ether oxygens (including phenoxy) is 1. The maximum absolute atomic E-state index is 13.5. The van der Waals surface area contributed by atoms with Gasteiger partial charge in [-0.25, -0.2) is 4.98 Å². The number of benzene rings is 1. The van der Waals surface area contributed by atoms with Gasteiger partial charge in [0.15, 0.2) is 12.3 Å². The lowest BCUT2D eigenvalue weighted by molar-refractivity contribution is -0.140. The highest BCUT2D eigenvalue weighted by atomic mass is 19.4. The number of alkyl halides is 3. The highest BCUT2D eigenvalue weighted by Crippen LogP contribution is 2.36. The van der Waals surface area contributed by atoms with E-state index < -0.39 is 23.8 Å². The molecule has 1 fully saturated rings. The maximum atomic E-state index is 13.5. The van der Waals surface area contributed by atoms with E-state index in [2.05, 4.69) is 4.98 Å². The number of hydrogen-bond acceptors (Lipinski definition) is 5. The molecule has 1 aromatic heterocycles. The SMILES string of the molecule is CCC(=O)N(c1cccnc1C(F)(F)F)C1CCN(C(=O)COc2ccc(CO)cc2)C1. The molecule has 0 radical (unpaired) electrons. The number of aromatic nitrogens is 1. The summed E-state index contributed by atoms with van der Waals surface area (Å²) in [5.74, 6) is -0.341. The first-order chi connectivity index (χ1) is 15.2. The van der Waals surface area contributed by atoms with E-state index in [1.165, 1.54) is 17.0 Å². The van der Waals surface area contributed by atoms with E-state index in [-0.39, 0.29) is 37.8 Å². The Morgan fingerprint density at radius 2 is 1.97 bits per heavy atom. The van der Waals surface area contributed by atoms with E-state index in [0.717, 1.165) is 11.1 Å². The average molecular weight is 451 g/mol. The van der Waals surface area contributed by atoms with Crippen molar-refractivity contribution in [3.05, 3.63) is 53.9 Å². The molecule has 0 aliphatic carbocycles. The van der Waals surface area contributed by atoms with Gasteiger partial charge in [0, 0.05) is 25.7 Å². The summed E-state index contributed by atoms with van der Waals surface area (Å²) < 4.78 is 45.9. The van der Waals surface area contributed by atoms with Crippen LogP contribution in [0.5, 0.6) is 5.75 Å². The van der Waals surface area contributed by atoms with Crippen LogP contribution in [0.25, 0.3) is 0 Å². The standard InChI is InChI=1S/C22H24F3N3O4/c1-2-19(30)28(18-4-3-10-26-21(18)22(23,24)25)16-9-11-27(12-16)20(31)14-32-17-7-5-15(13-29)6-8-17/h3-8,10,16,29H,2,9,11-14H2,1H3. The lowest BCUT2D eigenvalue weighted by Crippen LogP contribution is -2.44. The molecule has 2 aromatic rings. The largest absolute Gasteiger partial charge is 0.484 e. The van der Waals surface area contributed by atoms with Gasteiger partial charge in [-0.1, -0.05) is 19.1 Å². The van der Waals surface area contributed by atoms with Gasteiger partial charge < -0.3 is 19.6 Å². The van der Waals surface area contributed by atoms with E-state index in [4.69, 9.17) is 9.84 Å². The van der Waals surface area contributed by atoms with Gasteiger partial charge in [0.25, 0.3) is 5.91 Å². The van der Waals surface area contributed by atoms with E-state index in [9.17, 15) is 22.8 Å². The molecular formula is C22H24F3N3O4. The highest BCUT2D eigenvalue weighted by molar-refractivity contribution is 5.94. The van der Waals surface area contributed by atoms with Crippen LogP contribution in [0.2, 0.25) is 0 Å². The molecule has 1 N–H and O–H groups in total. The van der Waals surface area contributed by atoms with Gasteiger partial charge >= 0.3 is 6.18 Å². The smallest absolute Gasteiger partial charge is 0.435 e. The zero-order valence-corrected chi connectivity index (χ0v) is 17.5. The molecule has 0 spiro atoms. The van der Waals surface area contributed by atoms with Crippen LogP contribution in [0.4, 0.5) is 18.9 Å². The minimum atomic E-state index is -4.71. The predicted molar refractivity (Wildman–Crippen MR) is 110 cm³/mol. The summed E-state index contributed by atoms with van der Waals surface area (Å²) in [6, 6.07) is 8.60. The number of nitrogens with zero attached hydrogens (tertiary/aromatic N) is 3. The summed E-state index contributed by atoms with van der Waals surface area (Å²) in [5.41, 5.74) is -0.715. The number of anilines is 1. The highest BCUT2D eigenvalue weighted by Gasteiger charge is 2.41. The van der Waals surface area contributed by atoms with Crippen molar-refractivity contribution in [2.45, 2.75) is 38.6 Å². The van der Waals surface area contributed by atoms with E-state index in [1.54, 1.807) is 31.2 Å². The number of aliphatic hydroxyl groups is 1. The van der Waals surface area contributed by atoms with Gasteiger partial charge in [-0.05, 0) is 36.2 Å². The summed E-state index contributed by atoms with van der Waals surface area (Å²) in [4.78, 5) is 31.2. The number of hydrogen-bond donors (Lipinski definition) is 1. The lowest BCUT2D eigenvalue weighted by atomic mass is 10.1. The van der Waals surface area contributed by atoms with Crippen LogP contribution in [0.1, 0.15) is 31.0 Å². The molecule has 0 saturated carbocycles. The quantitative estimate of drug-likeness (QED) is 0.700. The van der Waals surface area contributed by atoms with Crippen LogP contribution in [0, 0.1) is 0 Å². The monoisotopic (exact) mass is 451 g/mol. The molecule has 1 aliphatic heterocycles. The van der Waals surface area contributed by atoms with Crippen molar-refractivity contribution >= 4 is 17.5 Å². The number of halogens is 3. The summed E-state index contributed by atoms with van der Waals surface area (Å²) in [6.07, 6.45) is -3.31. The molecule has 1 saturated heterocycles. The third-order valence-electron chi connectivity index (χ3n) is 5.24. The molecule has 1 atom stereocenters. The molecule has 32 heavy (non-hydrogen) atoms. The third kappa shape index (κ3) is 5.37. The van der Waals surface area contributed by atoms with Crippen LogP contribution in [-0.4, -0.2) is 52.5 Å². The number of carbonyl (C=O) groups excluding carboxylic acids is 2. The fourth-order valence-electron chi connectivity index (χ4n) is 3.62. The lowest BCUT2D eigenvalue weighted by Gasteiger charge is -2.30. The van der Waals surface area contributed by atoms with Gasteiger partial charge in [0.1, 0.15) is 5.75 Å². The van der Waals surface area contributed by atoms with Crippen molar-refractivity contribution in [2.24, 2.45) is 0 Å². The number of aliphatic hydroxyl groups excluding tert-OH is 1. The van der Waals surface area contributed by atoms with E-state index in [1.807, 2.05) is 0 Å². The predicted octanol–water partition coefficient (Wildman–Crippen LogP) is 3.02. The zero-order chi connectivity index (χ0) is 23.3. The Kier molecular flexibility index (Phi) is 7.34. The van der Waals surface area contributed by atoms with Crippen molar-refractivity contribution < 1.29 is 32.6 Å². The summed E-state index contributed by atoms with van der Waals surface area (Å²) in [6.45, 7) is 1.63. The molecule has 1 aliphatic rings. The maximum Gasteiger partial charge on any atom is 0.435 e. The Labute approximate surface area is 183 Å². The first-order valence-electron chi connectivity index (χ1n) is 10.2. The van der Waals surface area contributed by atoms with Crippen molar-refractivity contribution in [1.82, 2.24) is 9.88 Å². The second-order valence-corrected chi connectivity index (χ2v) is 7.36. The number of pyridine rings is 1. The van der Waals surface area contributed by atoms with E-state index >= 15 is 0 Å². The van der Waals surface area contributed by atoms with Crippen LogP contribution in [0.3, 0.4) is 0 Å². The summed E-state index contributed by atoms with van der Waals surface area (Å²) in [5, 5.41) is 9.06. The third-order valence-corrected chi connectivity index (χ3v) is 5.24. The Morgan fingerprint density at radius 3 is 2.59 bits per heavy atom. The topological polar surface area (TPSA) is 83.0 Å². The molecule has 1 aromatic carbocycles. The minimum absolute atomic E-state index is 0.0174. The summed E-state index contributed by atoms with van der Waals surface area (Å²) >= 11 is 0. The van der Waals surface area contributed by atoms with Crippen molar-refractivity contribution in [3.63, 3.8) is 0 Å². The second-order valence-electron chi connectivity index (χ2n) is 7.36. The van der Waals surface area contributed by atoms with Crippen molar-refractivity contribution in [1.29, 1.82) is 0 Å². The normalized spacial score (nSPS) is 16.2. The number of rotatable bonds is 7. The molecule has 1 unspecified atom stereocenters. The second kappa shape index (κ2) is 9.99. The Bertz CT molecular complexity index is 950. The Balaban J connectivity index is 1.71. The van der Waals surface area contributed by atoms with Crippen LogP contribution >= 0.6 is 0 Å². The van der Waals surface area contributed by atoms with Crippen LogP contribution in [0.15, 0.2) is 42.6 Å². The fraction of sp³-hybridized carbons (Fsp3) is 0.409. The molecule has 7 nitrogen and oxygen atoms in total. The molecule has 172 valence electrons. The number of amides is 2. The Morgan fingerprint density at radius 1 is 1.25 bits per heavy atom. The Hall–Kier alpha value is -3.14. The minimum Gasteiger partial charge on any atom is -0.484 e. The summed E-state index contributed by atoms with van der Waals surface area (Å²) in [7, 11) is 0. The molecule has 0 bridgehead atoms. The first-order valence-corrected chi connectivity index (χ1v) is 10.2. The number of likely N-dealkylation sites (tertiary alicyclic amines) is 1. The number of carbonyl (C=O) groups is 2. The molecule has 10 heteroatoms. The first kappa shape index (κ1) is 23.5. The van der Waals surface area contributed by atoms with Crippen LogP contribution < -0.4 is 9.64 Å². The van der Waals surface area contributed by atoms with Crippen molar-refractivity contribution in [3.8, 4) is 5.75 Å². The van der Waals surface area contributed by atoms with Gasteiger partial charge in [-0.15, -0.1) is 0 Å². The van der Waals surface area contributed by atoms with Gasteiger partial charge in [0.05, 0.1) is 18.3 Å². The average Bonchev–Trinajstić information content (AvgIpc) is 3.27.